The molecule has 0 spiro atoms. The van der Waals surface area contributed by atoms with E-state index in [-0.39, 0.29) is 17.2 Å². The van der Waals surface area contributed by atoms with E-state index >= 15 is 0 Å². The second-order valence-corrected chi connectivity index (χ2v) is 6.47. The Bertz CT molecular complexity index is 778. The van der Waals surface area contributed by atoms with Crippen molar-refractivity contribution in [1.82, 2.24) is 4.90 Å². The van der Waals surface area contributed by atoms with E-state index in [1.807, 2.05) is 12.1 Å². The van der Waals surface area contributed by atoms with E-state index in [2.05, 4.69) is 0 Å². The van der Waals surface area contributed by atoms with Gasteiger partial charge in [0.25, 0.3) is 5.91 Å². The van der Waals surface area contributed by atoms with Crippen molar-refractivity contribution in [3.63, 3.8) is 0 Å². The molecule has 1 aliphatic heterocycles. The molecule has 0 aliphatic carbocycles. The zero-order valence-electron chi connectivity index (χ0n) is 14.4. The van der Waals surface area contributed by atoms with Gasteiger partial charge in [-0.1, -0.05) is 43.2 Å². The van der Waals surface area contributed by atoms with Gasteiger partial charge in [-0.15, -0.1) is 0 Å². The number of aromatic hydroxyl groups is 1. The fourth-order valence-electron chi connectivity index (χ4n) is 3.24. The fourth-order valence-corrected chi connectivity index (χ4v) is 3.24. The fraction of sp³-hybridized carbons (Fsp3) is 0.400. The first kappa shape index (κ1) is 17.3. The highest BCUT2D eigenvalue weighted by atomic mass is 16.5. The number of phenolic OH excluding ortho intramolecular Hbond substituents is 1. The highest BCUT2D eigenvalue weighted by molar-refractivity contribution is 6.01. The number of esters is 1. The molecule has 5 heteroatoms. The second kappa shape index (κ2) is 7.55. The number of benzene rings is 2. The standard InChI is InChI=1S/C20H23NO4/c1-14(19(23)21-12-6-2-3-7-13-21)25-20(24)17-11-10-15-8-4-5-9-16(15)18(17)22/h4-5,8-11,14,22H,2-3,6-7,12-13H2,1H3/t14-/m1/s1. The predicted octanol–water partition coefficient (Wildman–Crippen LogP) is 3.49. The number of fused-ring (bicyclic) bond motifs is 1. The van der Waals surface area contributed by atoms with Gasteiger partial charge in [-0.05, 0) is 31.2 Å². The van der Waals surface area contributed by atoms with Crippen LogP contribution in [-0.2, 0) is 9.53 Å². The maximum atomic E-state index is 12.5. The van der Waals surface area contributed by atoms with E-state index in [4.69, 9.17) is 4.74 Å². The van der Waals surface area contributed by atoms with E-state index < -0.39 is 12.1 Å². The molecule has 0 radical (unpaired) electrons. The number of carbonyl (C=O) groups excluding carboxylic acids is 2. The van der Waals surface area contributed by atoms with Gasteiger partial charge in [0.1, 0.15) is 11.3 Å². The third-order valence-electron chi connectivity index (χ3n) is 4.67. The van der Waals surface area contributed by atoms with Crippen LogP contribution in [0.4, 0.5) is 0 Å². The molecular formula is C20H23NO4. The summed E-state index contributed by atoms with van der Waals surface area (Å²) in [5.74, 6) is -0.966. The normalized spacial score (nSPS) is 16.3. The van der Waals surface area contributed by atoms with Gasteiger partial charge < -0.3 is 14.7 Å². The summed E-state index contributed by atoms with van der Waals surface area (Å²) in [6.45, 7) is 3.01. The SMILES string of the molecule is C[C@@H](OC(=O)c1ccc2ccccc2c1O)C(=O)N1CCCCCC1. The van der Waals surface area contributed by atoms with E-state index in [1.165, 1.54) is 6.07 Å². The van der Waals surface area contributed by atoms with Crippen LogP contribution in [0.25, 0.3) is 10.8 Å². The Morgan fingerprint density at radius 3 is 2.44 bits per heavy atom. The van der Waals surface area contributed by atoms with Gasteiger partial charge in [0.2, 0.25) is 0 Å². The van der Waals surface area contributed by atoms with Crippen LogP contribution in [0.1, 0.15) is 43.0 Å². The van der Waals surface area contributed by atoms with Gasteiger partial charge in [0, 0.05) is 18.5 Å². The van der Waals surface area contributed by atoms with Crippen LogP contribution in [0.2, 0.25) is 0 Å². The van der Waals surface area contributed by atoms with Crippen molar-refractivity contribution in [2.75, 3.05) is 13.1 Å². The summed E-state index contributed by atoms with van der Waals surface area (Å²) in [6, 6.07) is 10.5. The smallest absolute Gasteiger partial charge is 0.342 e. The molecule has 0 unspecified atom stereocenters. The van der Waals surface area contributed by atoms with E-state index in [0.29, 0.717) is 18.5 Å². The molecule has 1 aliphatic rings. The third-order valence-corrected chi connectivity index (χ3v) is 4.67. The number of phenols is 1. The Kier molecular flexibility index (Phi) is 5.22. The summed E-state index contributed by atoms with van der Waals surface area (Å²) in [7, 11) is 0. The number of hydrogen-bond donors (Lipinski definition) is 1. The highest BCUT2D eigenvalue weighted by Gasteiger charge is 2.26. The molecule has 1 heterocycles. The number of nitrogens with zero attached hydrogens (tertiary/aromatic N) is 1. The maximum Gasteiger partial charge on any atom is 0.342 e. The molecule has 1 fully saturated rings. The van der Waals surface area contributed by atoms with Crippen molar-refractivity contribution < 1.29 is 19.4 Å². The highest BCUT2D eigenvalue weighted by Crippen LogP contribution is 2.29. The quantitative estimate of drug-likeness (QED) is 0.868. The summed E-state index contributed by atoms with van der Waals surface area (Å²) in [5.41, 5.74) is 0.0780. The third kappa shape index (κ3) is 3.76. The minimum atomic E-state index is -0.864. The number of carbonyl (C=O) groups is 2. The number of hydrogen-bond acceptors (Lipinski definition) is 4. The average Bonchev–Trinajstić information content (AvgIpc) is 2.90. The first-order valence-corrected chi connectivity index (χ1v) is 8.78. The molecule has 2 aromatic rings. The molecule has 25 heavy (non-hydrogen) atoms. The van der Waals surface area contributed by atoms with Crippen molar-refractivity contribution in [3.05, 3.63) is 42.0 Å². The Morgan fingerprint density at radius 2 is 1.72 bits per heavy atom. The summed E-state index contributed by atoms with van der Waals surface area (Å²) >= 11 is 0. The van der Waals surface area contributed by atoms with Crippen LogP contribution in [0.5, 0.6) is 5.75 Å². The topological polar surface area (TPSA) is 66.8 Å². The van der Waals surface area contributed by atoms with Crippen LogP contribution < -0.4 is 0 Å². The zero-order chi connectivity index (χ0) is 17.8. The first-order valence-electron chi connectivity index (χ1n) is 8.78. The van der Waals surface area contributed by atoms with Crippen LogP contribution in [0, 0.1) is 0 Å². The molecular weight excluding hydrogens is 318 g/mol. The van der Waals surface area contributed by atoms with Gasteiger partial charge in [0.15, 0.2) is 6.10 Å². The van der Waals surface area contributed by atoms with Crippen molar-refractivity contribution >= 4 is 22.6 Å². The molecule has 1 amide bonds. The Hall–Kier alpha value is -2.56. The van der Waals surface area contributed by atoms with Gasteiger partial charge in [-0.2, -0.15) is 0 Å². The molecule has 132 valence electrons. The van der Waals surface area contributed by atoms with Gasteiger partial charge >= 0.3 is 5.97 Å². The number of amides is 1. The monoisotopic (exact) mass is 341 g/mol. The summed E-state index contributed by atoms with van der Waals surface area (Å²) < 4.78 is 5.33. The molecule has 2 aromatic carbocycles. The van der Waals surface area contributed by atoms with E-state index in [0.717, 1.165) is 31.1 Å². The molecule has 0 saturated carbocycles. The summed E-state index contributed by atoms with van der Waals surface area (Å²) in [6.07, 6.45) is 3.36. The maximum absolute atomic E-state index is 12.5. The summed E-state index contributed by atoms with van der Waals surface area (Å²) in [4.78, 5) is 26.7. The molecule has 1 N–H and O–H groups in total. The lowest BCUT2D eigenvalue weighted by Gasteiger charge is -2.24. The van der Waals surface area contributed by atoms with Gasteiger partial charge in [0.05, 0.1) is 0 Å². The Labute approximate surface area is 147 Å². The molecule has 0 bridgehead atoms. The van der Waals surface area contributed by atoms with Crippen LogP contribution in [-0.4, -0.2) is 41.1 Å². The average molecular weight is 341 g/mol. The van der Waals surface area contributed by atoms with Gasteiger partial charge in [-0.25, -0.2) is 4.79 Å². The van der Waals surface area contributed by atoms with Crippen LogP contribution in [0.15, 0.2) is 36.4 Å². The van der Waals surface area contributed by atoms with Crippen LogP contribution in [0.3, 0.4) is 0 Å². The van der Waals surface area contributed by atoms with Crippen molar-refractivity contribution in [2.24, 2.45) is 0 Å². The molecule has 5 nitrogen and oxygen atoms in total. The largest absolute Gasteiger partial charge is 0.506 e. The molecule has 1 saturated heterocycles. The molecule has 1 atom stereocenters. The van der Waals surface area contributed by atoms with E-state index in [1.54, 1.807) is 30.0 Å². The second-order valence-electron chi connectivity index (χ2n) is 6.47. The molecule has 0 aromatic heterocycles. The minimum Gasteiger partial charge on any atom is -0.506 e. The lowest BCUT2D eigenvalue weighted by atomic mass is 10.1. The van der Waals surface area contributed by atoms with Gasteiger partial charge in [-0.3, -0.25) is 4.79 Å². The number of ether oxygens (including phenoxy) is 1. The van der Waals surface area contributed by atoms with Crippen LogP contribution >= 0.6 is 0 Å². The molecule has 3 rings (SSSR count). The minimum absolute atomic E-state index is 0.0780. The lowest BCUT2D eigenvalue weighted by molar-refractivity contribution is -0.139. The number of likely N-dealkylation sites (tertiary alicyclic amines) is 1. The van der Waals surface area contributed by atoms with Crippen molar-refractivity contribution in [1.29, 1.82) is 0 Å². The predicted molar refractivity (Wildman–Crippen MR) is 95.5 cm³/mol. The zero-order valence-corrected chi connectivity index (χ0v) is 14.4. The van der Waals surface area contributed by atoms with E-state index in [9.17, 15) is 14.7 Å². The first-order chi connectivity index (χ1) is 12.1. The van der Waals surface area contributed by atoms with Crippen molar-refractivity contribution in [2.45, 2.75) is 38.7 Å². The Balaban J connectivity index is 1.73. The van der Waals surface area contributed by atoms with Crippen molar-refractivity contribution in [3.8, 4) is 5.75 Å². The summed E-state index contributed by atoms with van der Waals surface area (Å²) in [5, 5.41) is 11.8. The number of rotatable bonds is 3. The lowest BCUT2D eigenvalue weighted by Crippen LogP contribution is -2.40. The Morgan fingerprint density at radius 1 is 1.04 bits per heavy atom.